The van der Waals surface area contributed by atoms with Crippen molar-refractivity contribution >= 4 is 41.0 Å². The van der Waals surface area contributed by atoms with E-state index in [1.165, 1.54) is 25.7 Å². The minimum absolute atomic E-state index is 0.450. The number of methoxy groups -OCH3 is 1. The number of aromatic hydroxyl groups is 1. The molecule has 3 aromatic carbocycles. The molecule has 0 spiro atoms. The first kappa shape index (κ1) is 29.3. The van der Waals surface area contributed by atoms with Crippen molar-refractivity contribution in [2.24, 2.45) is 0 Å². The van der Waals surface area contributed by atoms with Crippen LogP contribution in [0.1, 0.15) is 36.8 Å². The van der Waals surface area contributed by atoms with Gasteiger partial charge in [-0.3, -0.25) is 9.80 Å². The molecule has 0 radical (unpaired) electrons. The standard InChI is InChI=1S/C30H34N4O2.H3O4P/c1-36-24-10-11-28-26(18-24)29(25-8-2-3-9-27(25)32-28)31-23-16-21(19-33-12-4-5-13-33)30(35)22(17-23)20-34-14-6-7-15-34;1-5(2,3)4/h2-3,8-11,16-18,35H,4-7,12-15,19-20H2,1H3,(H,31,32);(H3,1,2,3,4). The van der Waals surface area contributed by atoms with E-state index in [4.69, 9.17) is 29.0 Å². The third-order valence-electron chi connectivity index (χ3n) is 7.61. The molecule has 5 N–H and O–H groups in total. The molecular weight excluding hydrogens is 543 g/mol. The Kier molecular flexibility index (Phi) is 9.09. The quantitative estimate of drug-likeness (QED) is 0.114. The van der Waals surface area contributed by atoms with Gasteiger partial charge in [-0.1, -0.05) is 18.2 Å². The Morgan fingerprint density at radius 2 is 1.37 bits per heavy atom. The van der Waals surface area contributed by atoms with Crippen LogP contribution in [0.3, 0.4) is 0 Å². The molecule has 0 unspecified atom stereocenters. The molecule has 0 atom stereocenters. The Morgan fingerprint density at radius 1 is 0.829 bits per heavy atom. The highest BCUT2D eigenvalue weighted by molar-refractivity contribution is 7.45. The third kappa shape index (κ3) is 7.54. The molecule has 218 valence electrons. The molecular formula is C30H37N4O6P. The van der Waals surface area contributed by atoms with Crippen molar-refractivity contribution in [1.82, 2.24) is 14.8 Å². The second kappa shape index (κ2) is 12.7. The first-order valence-electron chi connectivity index (χ1n) is 13.9. The summed E-state index contributed by atoms with van der Waals surface area (Å²) in [4.78, 5) is 31.3. The lowest BCUT2D eigenvalue weighted by Crippen LogP contribution is -2.20. The van der Waals surface area contributed by atoms with E-state index in [0.717, 1.165) is 89.3 Å². The fourth-order valence-electron chi connectivity index (χ4n) is 5.71. The number of anilines is 2. The number of phosphoric acid groups is 1. The van der Waals surface area contributed by atoms with Gasteiger partial charge in [0.15, 0.2) is 0 Å². The number of aromatic nitrogens is 1. The first-order valence-corrected chi connectivity index (χ1v) is 15.5. The highest BCUT2D eigenvalue weighted by Crippen LogP contribution is 2.37. The van der Waals surface area contributed by atoms with Gasteiger partial charge in [-0.25, -0.2) is 9.55 Å². The molecule has 6 rings (SSSR count). The first-order chi connectivity index (χ1) is 19.7. The molecule has 4 aromatic rings. The Morgan fingerprint density at radius 3 is 1.93 bits per heavy atom. The van der Waals surface area contributed by atoms with E-state index in [1.807, 2.05) is 24.3 Å². The van der Waals surface area contributed by atoms with Crippen LogP contribution >= 0.6 is 7.82 Å². The van der Waals surface area contributed by atoms with Gasteiger partial charge in [-0.2, -0.15) is 0 Å². The van der Waals surface area contributed by atoms with Crippen LogP contribution < -0.4 is 10.1 Å². The number of hydrogen-bond acceptors (Lipinski definition) is 7. The zero-order chi connectivity index (χ0) is 29.0. The van der Waals surface area contributed by atoms with Crippen LogP contribution in [0.2, 0.25) is 0 Å². The van der Waals surface area contributed by atoms with E-state index in [-0.39, 0.29) is 0 Å². The number of nitrogens with zero attached hydrogens (tertiary/aromatic N) is 3. The molecule has 0 aliphatic carbocycles. The number of fused-ring (bicyclic) bond motifs is 2. The van der Waals surface area contributed by atoms with Crippen molar-refractivity contribution in [3.63, 3.8) is 0 Å². The van der Waals surface area contributed by atoms with Crippen LogP contribution in [0.4, 0.5) is 11.4 Å². The zero-order valence-electron chi connectivity index (χ0n) is 23.2. The molecule has 0 bridgehead atoms. The number of nitrogens with one attached hydrogen (secondary N) is 1. The van der Waals surface area contributed by atoms with Gasteiger partial charge in [0.1, 0.15) is 11.5 Å². The Bertz CT molecular complexity index is 1520. The maximum atomic E-state index is 11.3. The summed E-state index contributed by atoms with van der Waals surface area (Å²) in [7, 11) is -2.95. The number of rotatable bonds is 7. The van der Waals surface area contributed by atoms with Crippen LogP contribution in [0.15, 0.2) is 54.6 Å². The van der Waals surface area contributed by atoms with Crippen molar-refractivity contribution in [3.05, 3.63) is 65.7 Å². The molecule has 2 saturated heterocycles. The van der Waals surface area contributed by atoms with Crippen molar-refractivity contribution in [3.8, 4) is 11.5 Å². The summed E-state index contributed by atoms with van der Waals surface area (Å²) in [6.45, 7) is 5.94. The van der Waals surface area contributed by atoms with Crippen LogP contribution in [0.25, 0.3) is 21.8 Å². The van der Waals surface area contributed by atoms with Crippen LogP contribution in [0.5, 0.6) is 11.5 Å². The van der Waals surface area contributed by atoms with Crippen LogP contribution in [0, 0.1) is 0 Å². The highest BCUT2D eigenvalue weighted by atomic mass is 31.2. The monoisotopic (exact) mass is 580 g/mol. The van der Waals surface area contributed by atoms with E-state index in [2.05, 4.69) is 45.4 Å². The Labute approximate surface area is 239 Å². The summed E-state index contributed by atoms with van der Waals surface area (Å²) in [6, 6.07) is 18.5. The van der Waals surface area contributed by atoms with Crippen LogP contribution in [-0.4, -0.2) is 67.9 Å². The smallest absolute Gasteiger partial charge is 0.466 e. The average Bonchev–Trinajstić information content (AvgIpc) is 3.64. The van der Waals surface area contributed by atoms with Gasteiger partial charge in [-0.05, 0) is 88.3 Å². The van der Waals surface area contributed by atoms with E-state index < -0.39 is 7.82 Å². The van der Waals surface area contributed by atoms with E-state index in [9.17, 15) is 5.11 Å². The topological polar surface area (TPSA) is 139 Å². The Balaban J connectivity index is 0.000000623. The molecule has 0 saturated carbocycles. The van der Waals surface area contributed by atoms with E-state index in [0.29, 0.717) is 5.75 Å². The lowest BCUT2D eigenvalue weighted by Gasteiger charge is -2.22. The van der Waals surface area contributed by atoms with Crippen molar-refractivity contribution < 1.29 is 29.1 Å². The minimum Gasteiger partial charge on any atom is -0.507 e. The summed E-state index contributed by atoms with van der Waals surface area (Å²) < 4.78 is 14.4. The predicted octanol–water partition coefficient (Wildman–Crippen LogP) is 5.11. The number of likely N-dealkylation sites (tertiary alicyclic amines) is 2. The Hall–Kier alpha value is -3.24. The average molecular weight is 581 g/mol. The van der Waals surface area contributed by atoms with E-state index >= 15 is 0 Å². The number of hydrogen-bond donors (Lipinski definition) is 5. The fourth-order valence-corrected chi connectivity index (χ4v) is 5.71. The number of benzene rings is 3. The summed E-state index contributed by atoms with van der Waals surface area (Å²) in [5.41, 5.74) is 5.88. The zero-order valence-corrected chi connectivity index (χ0v) is 24.1. The molecule has 41 heavy (non-hydrogen) atoms. The van der Waals surface area contributed by atoms with Crippen molar-refractivity contribution in [2.45, 2.75) is 38.8 Å². The van der Waals surface area contributed by atoms with Gasteiger partial charge in [0.2, 0.25) is 0 Å². The second-order valence-electron chi connectivity index (χ2n) is 10.6. The number of phenolic OH excluding ortho intramolecular Hbond substituents is 1. The summed E-state index contributed by atoms with van der Waals surface area (Å²) in [5.74, 6) is 1.25. The second-order valence-corrected chi connectivity index (χ2v) is 11.7. The van der Waals surface area contributed by atoms with E-state index in [1.54, 1.807) is 7.11 Å². The van der Waals surface area contributed by atoms with Gasteiger partial charge in [0, 0.05) is 40.7 Å². The summed E-state index contributed by atoms with van der Waals surface area (Å²) in [5, 5.41) is 17.1. The summed E-state index contributed by atoms with van der Waals surface area (Å²) >= 11 is 0. The molecule has 10 nitrogen and oxygen atoms in total. The minimum atomic E-state index is -4.64. The lowest BCUT2D eigenvalue weighted by atomic mass is 10.0. The normalized spacial score (nSPS) is 16.2. The molecule has 2 aliphatic rings. The van der Waals surface area contributed by atoms with Gasteiger partial charge in [0.05, 0.1) is 23.8 Å². The van der Waals surface area contributed by atoms with Gasteiger partial charge in [0.25, 0.3) is 0 Å². The molecule has 1 aromatic heterocycles. The van der Waals surface area contributed by atoms with Crippen molar-refractivity contribution in [2.75, 3.05) is 38.6 Å². The molecule has 3 heterocycles. The number of ether oxygens (including phenoxy) is 1. The molecule has 0 amide bonds. The van der Waals surface area contributed by atoms with Gasteiger partial charge >= 0.3 is 7.82 Å². The molecule has 11 heteroatoms. The number of para-hydroxylation sites is 1. The van der Waals surface area contributed by atoms with Crippen molar-refractivity contribution in [1.29, 1.82) is 0 Å². The largest absolute Gasteiger partial charge is 0.507 e. The highest BCUT2D eigenvalue weighted by Gasteiger charge is 2.20. The molecule has 2 fully saturated rings. The summed E-state index contributed by atoms with van der Waals surface area (Å²) in [6.07, 6.45) is 4.93. The van der Waals surface area contributed by atoms with Crippen LogP contribution in [-0.2, 0) is 17.7 Å². The van der Waals surface area contributed by atoms with Gasteiger partial charge < -0.3 is 29.8 Å². The predicted molar refractivity (Wildman–Crippen MR) is 160 cm³/mol. The molecule has 2 aliphatic heterocycles. The lowest BCUT2D eigenvalue weighted by molar-refractivity contribution is 0.275. The third-order valence-corrected chi connectivity index (χ3v) is 7.61. The fraction of sp³-hybridized carbons (Fsp3) is 0.367. The number of pyridine rings is 1. The van der Waals surface area contributed by atoms with Gasteiger partial charge in [-0.15, -0.1) is 0 Å². The maximum Gasteiger partial charge on any atom is 0.466 e. The SMILES string of the molecule is COc1ccc2nc3ccccc3c(Nc3cc(CN4CCCC4)c(O)c(CN4CCCC4)c3)c2c1.O=P(O)(O)O. The maximum absolute atomic E-state index is 11.3. The number of phenols is 1.